The van der Waals surface area contributed by atoms with Crippen LogP contribution in [0.1, 0.15) is 13.8 Å². The lowest BCUT2D eigenvalue weighted by atomic mass is 10.8. The second-order valence-electron chi connectivity index (χ2n) is 2.08. The van der Waals surface area contributed by atoms with Crippen LogP contribution in [0.25, 0.3) is 0 Å². The molecule has 0 atom stereocenters. The van der Waals surface area contributed by atoms with Gasteiger partial charge in [0.1, 0.15) is 0 Å². The molecule has 0 bridgehead atoms. The van der Waals surface area contributed by atoms with Gasteiger partial charge in [0.25, 0.3) is 0 Å². The molecule has 0 rings (SSSR count). The summed E-state index contributed by atoms with van der Waals surface area (Å²) in [5, 5.41) is 0. The molecule has 0 aromatic rings. The molecule has 0 aromatic heterocycles. The van der Waals surface area contributed by atoms with E-state index >= 15 is 0 Å². The number of carbonyl (C=O) groups is 1. The Morgan fingerprint density at radius 2 is 1.92 bits per heavy atom. The summed E-state index contributed by atoms with van der Waals surface area (Å²) in [5.74, 6) is -1.52. The van der Waals surface area contributed by atoms with Gasteiger partial charge in [0.05, 0.1) is 13.2 Å². The third-order valence-electron chi connectivity index (χ3n) is 0.943. The summed E-state index contributed by atoms with van der Waals surface area (Å²) in [6.07, 6.45) is 0. The molecule has 1 N–H and O–H groups in total. The summed E-state index contributed by atoms with van der Waals surface area (Å²) in [7, 11) is -3.71. The zero-order valence-corrected chi connectivity index (χ0v) is 8.39. The van der Waals surface area contributed by atoms with Crippen molar-refractivity contribution < 1.29 is 22.8 Å². The van der Waals surface area contributed by atoms with Crippen molar-refractivity contribution in [3.05, 3.63) is 0 Å². The van der Waals surface area contributed by atoms with Gasteiger partial charge in [-0.2, -0.15) is 0 Å². The Labute approximate surface area is 77.2 Å². The number of rotatable bonds is 6. The van der Waals surface area contributed by atoms with Crippen molar-refractivity contribution in [1.29, 1.82) is 0 Å². The fraction of sp³-hybridized carbons (Fsp3) is 0.833. The van der Waals surface area contributed by atoms with Crippen molar-refractivity contribution in [2.75, 3.05) is 19.0 Å². The van der Waals surface area contributed by atoms with E-state index in [-0.39, 0.29) is 13.2 Å². The normalized spacial score (nSPS) is 11.2. The molecule has 0 saturated carbocycles. The number of sulfonamides is 1. The van der Waals surface area contributed by atoms with Crippen molar-refractivity contribution in [3.8, 4) is 0 Å². The highest BCUT2D eigenvalue weighted by atomic mass is 32.2. The minimum absolute atomic E-state index is 0.156. The van der Waals surface area contributed by atoms with Crippen LogP contribution in [0.3, 0.4) is 0 Å². The predicted octanol–water partition coefficient (Wildman–Crippen LogP) is -0.580. The van der Waals surface area contributed by atoms with E-state index in [4.69, 9.17) is 0 Å². The van der Waals surface area contributed by atoms with Gasteiger partial charge in [0.2, 0.25) is 10.0 Å². The summed E-state index contributed by atoms with van der Waals surface area (Å²) < 4.78 is 26.3. The Morgan fingerprint density at radius 3 is 2.38 bits per heavy atom. The lowest BCUT2D eigenvalue weighted by Crippen LogP contribution is -2.31. The van der Waals surface area contributed by atoms with Crippen molar-refractivity contribution in [2.24, 2.45) is 0 Å². The quantitative estimate of drug-likeness (QED) is 0.469. The van der Waals surface area contributed by atoms with Gasteiger partial charge in [0.15, 0.2) is 5.75 Å². The maximum atomic E-state index is 10.9. The van der Waals surface area contributed by atoms with Crippen LogP contribution in [0, 0.1) is 0 Å². The summed E-state index contributed by atoms with van der Waals surface area (Å²) in [5.41, 5.74) is 0. The van der Waals surface area contributed by atoms with Gasteiger partial charge in [-0.05, 0) is 13.8 Å². The molecular weight excluding hydrogens is 198 g/mol. The van der Waals surface area contributed by atoms with E-state index in [0.717, 1.165) is 0 Å². The van der Waals surface area contributed by atoms with Crippen LogP contribution in [-0.2, 0) is 24.4 Å². The van der Waals surface area contributed by atoms with Gasteiger partial charge in [-0.3, -0.25) is 9.63 Å². The third-order valence-corrected chi connectivity index (χ3v) is 1.93. The molecule has 0 aliphatic heterocycles. The molecule has 0 fully saturated rings. The van der Waals surface area contributed by atoms with E-state index in [9.17, 15) is 13.2 Å². The fourth-order valence-corrected chi connectivity index (χ4v) is 1.29. The zero-order valence-electron chi connectivity index (χ0n) is 7.57. The molecule has 0 spiro atoms. The molecule has 0 unspecified atom stereocenters. The Balaban J connectivity index is 3.95. The Bertz CT molecular complexity index is 248. The highest BCUT2D eigenvalue weighted by molar-refractivity contribution is 7.90. The number of esters is 1. The fourth-order valence-electron chi connectivity index (χ4n) is 0.536. The molecule has 0 amide bonds. The molecular formula is C6H13NO5S. The second kappa shape index (κ2) is 5.90. The standard InChI is InChI=1S/C6H13NO5S/c1-3-11-6(8)5-13(9,10)7-12-4-2/h7H,3-5H2,1-2H3. The molecule has 6 nitrogen and oxygen atoms in total. The predicted molar refractivity (Wildman–Crippen MR) is 45.2 cm³/mol. The number of carbonyl (C=O) groups excluding carboxylic acids is 1. The zero-order chi connectivity index (χ0) is 10.3. The molecule has 0 aliphatic rings. The highest BCUT2D eigenvalue weighted by Gasteiger charge is 2.16. The maximum Gasteiger partial charge on any atom is 0.322 e. The lowest BCUT2D eigenvalue weighted by molar-refractivity contribution is -0.140. The molecule has 0 aliphatic carbocycles. The number of ether oxygens (including phenoxy) is 1. The van der Waals surface area contributed by atoms with Crippen LogP contribution in [0.4, 0.5) is 0 Å². The van der Waals surface area contributed by atoms with Crippen LogP contribution >= 0.6 is 0 Å². The molecule has 0 heterocycles. The average Bonchev–Trinajstić information content (AvgIpc) is 2.00. The van der Waals surface area contributed by atoms with Gasteiger partial charge in [-0.25, -0.2) is 8.42 Å². The van der Waals surface area contributed by atoms with E-state index in [1.165, 1.54) is 0 Å². The number of hydrogen-bond acceptors (Lipinski definition) is 5. The lowest BCUT2D eigenvalue weighted by Gasteiger charge is -2.04. The van der Waals surface area contributed by atoms with Crippen LogP contribution in [0.2, 0.25) is 0 Å². The molecule has 0 saturated heterocycles. The van der Waals surface area contributed by atoms with Crippen LogP contribution in [0.15, 0.2) is 0 Å². The van der Waals surface area contributed by atoms with Crippen LogP contribution in [0.5, 0.6) is 0 Å². The van der Waals surface area contributed by atoms with Crippen molar-refractivity contribution in [1.82, 2.24) is 4.89 Å². The topological polar surface area (TPSA) is 81.7 Å². The van der Waals surface area contributed by atoms with Gasteiger partial charge < -0.3 is 4.74 Å². The monoisotopic (exact) mass is 211 g/mol. The van der Waals surface area contributed by atoms with Gasteiger partial charge >= 0.3 is 5.97 Å². The SMILES string of the molecule is CCONS(=O)(=O)CC(=O)OCC. The number of hydrogen-bond donors (Lipinski definition) is 1. The Kier molecular flexibility index (Phi) is 5.60. The van der Waals surface area contributed by atoms with Gasteiger partial charge in [-0.15, -0.1) is 0 Å². The largest absolute Gasteiger partial charge is 0.465 e. The van der Waals surface area contributed by atoms with E-state index in [0.29, 0.717) is 0 Å². The number of nitrogens with one attached hydrogen (secondary N) is 1. The summed E-state index contributed by atoms with van der Waals surface area (Å²) in [6, 6.07) is 0. The Morgan fingerprint density at radius 1 is 1.31 bits per heavy atom. The molecule has 13 heavy (non-hydrogen) atoms. The molecule has 0 radical (unpaired) electrons. The molecule has 78 valence electrons. The smallest absolute Gasteiger partial charge is 0.322 e. The van der Waals surface area contributed by atoms with Crippen LogP contribution in [-0.4, -0.2) is 33.4 Å². The summed E-state index contributed by atoms with van der Waals surface area (Å²) in [6.45, 7) is 3.57. The minimum atomic E-state index is -3.71. The highest BCUT2D eigenvalue weighted by Crippen LogP contribution is 1.87. The van der Waals surface area contributed by atoms with E-state index < -0.39 is 21.7 Å². The maximum absolute atomic E-state index is 10.9. The van der Waals surface area contributed by atoms with E-state index in [1.807, 2.05) is 0 Å². The molecule has 7 heteroatoms. The van der Waals surface area contributed by atoms with Crippen molar-refractivity contribution in [2.45, 2.75) is 13.8 Å². The first-order valence-corrected chi connectivity index (χ1v) is 5.44. The van der Waals surface area contributed by atoms with E-state index in [1.54, 1.807) is 18.7 Å². The third kappa shape index (κ3) is 6.50. The van der Waals surface area contributed by atoms with Gasteiger partial charge in [-0.1, -0.05) is 4.89 Å². The average molecular weight is 211 g/mol. The van der Waals surface area contributed by atoms with Gasteiger partial charge in [0, 0.05) is 0 Å². The van der Waals surface area contributed by atoms with Crippen molar-refractivity contribution >= 4 is 16.0 Å². The van der Waals surface area contributed by atoms with E-state index in [2.05, 4.69) is 9.57 Å². The summed E-state index contributed by atoms with van der Waals surface area (Å²) in [4.78, 5) is 16.9. The van der Waals surface area contributed by atoms with Crippen molar-refractivity contribution in [3.63, 3.8) is 0 Å². The minimum Gasteiger partial charge on any atom is -0.465 e. The Hall–Kier alpha value is -0.660. The first-order chi connectivity index (χ1) is 6.02. The second-order valence-corrected chi connectivity index (χ2v) is 3.77. The first-order valence-electron chi connectivity index (χ1n) is 3.78. The van der Waals surface area contributed by atoms with Crippen LogP contribution < -0.4 is 4.89 Å². The first kappa shape index (κ1) is 12.3. The molecule has 0 aromatic carbocycles. The summed E-state index contributed by atoms with van der Waals surface area (Å²) >= 11 is 0.